The monoisotopic (exact) mass is 252 g/mol. The van der Waals surface area contributed by atoms with E-state index in [0.717, 1.165) is 12.0 Å². The summed E-state index contributed by atoms with van der Waals surface area (Å²) in [5.41, 5.74) is 0.849. The summed E-state index contributed by atoms with van der Waals surface area (Å²) in [5.74, 6) is 0. The van der Waals surface area contributed by atoms with Gasteiger partial charge in [0.1, 0.15) is 0 Å². The molecule has 1 aromatic carbocycles. The van der Waals surface area contributed by atoms with Gasteiger partial charge in [-0.15, -0.1) is 0 Å². The Morgan fingerprint density at radius 3 is 2.82 bits per heavy atom. The number of benzene rings is 1. The Morgan fingerprint density at radius 1 is 1.29 bits per heavy atom. The van der Waals surface area contributed by atoms with Crippen LogP contribution in [0.5, 0.6) is 0 Å². The highest BCUT2D eigenvalue weighted by molar-refractivity contribution is 6.30. The van der Waals surface area contributed by atoms with Crippen LogP contribution in [-0.4, -0.2) is 5.11 Å². The van der Waals surface area contributed by atoms with Crippen molar-refractivity contribution in [1.29, 1.82) is 0 Å². The van der Waals surface area contributed by atoms with E-state index in [2.05, 4.69) is 13.0 Å². The molecule has 1 atom stereocenters. The van der Waals surface area contributed by atoms with Crippen LogP contribution >= 0.6 is 11.6 Å². The average molecular weight is 253 g/mol. The Bertz CT molecular complexity index is 347. The van der Waals surface area contributed by atoms with Crippen LogP contribution < -0.4 is 0 Å². The smallest absolute Gasteiger partial charge is 0.0972 e. The largest absolute Gasteiger partial charge is 0.384 e. The molecule has 0 aliphatic rings. The summed E-state index contributed by atoms with van der Waals surface area (Å²) in [7, 11) is 0. The van der Waals surface area contributed by atoms with Gasteiger partial charge in [0.25, 0.3) is 0 Å². The summed E-state index contributed by atoms with van der Waals surface area (Å²) < 4.78 is 0. The zero-order valence-corrected chi connectivity index (χ0v) is 11.2. The predicted molar refractivity (Wildman–Crippen MR) is 74.3 cm³/mol. The molecule has 2 heteroatoms. The number of unbranched alkanes of at least 4 members (excludes halogenated alkanes) is 4. The topological polar surface area (TPSA) is 20.2 Å². The molecule has 0 aromatic heterocycles. The molecule has 0 aliphatic heterocycles. The average Bonchev–Trinajstić information content (AvgIpc) is 2.33. The van der Waals surface area contributed by atoms with Crippen molar-refractivity contribution in [3.63, 3.8) is 0 Å². The van der Waals surface area contributed by atoms with E-state index in [9.17, 15) is 5.11 Å². The van der Waals surface area contributed by atoms with Crippen molar-refractivity contribution in [3.05, 3.63) is 47.0 Å². The van der Waals surface area contributed by atoms with Crippen LogP contribution in [0.25, 0.3) is 0 Å². The van der Waals surface area contributed by atoms with Crippen LogP contribution in [0.1, 0.15) is 50.7 Å². The summed E-state index contributed by atoms with van der Waals surface area (Å²) in [5, 5.41) is 10.6. The lowest BCUT2D eigenvalue weighted by atomic mass is 10.1. The van der Waals surface area contributed by atoms with Gasteiger partial charge >= 0.3 is 0 Å². The Labute approximate surface area is 109 Å². The number of hydrogen-bond acceptors (Lipinski definition) is 1. The first kappa shape index (κ1) is 14.3. The quantitative estimate of drug-likeness (QED) is 0.541. The van der Waals surface area contributed by atoms with Crippen molar-refractivity contribution in [2.24, 2.45) is 0 Å². The van der Waals surface area contributed by atoms with Gasteiger partial charge in [0.2, 0.25) is 0 Å². The van der Waals surface area contributed by atoms with E-state index < -0.39 is 6.10 Å². The van der Waals surface area contributed by atoms with E-state index >= 15 is 0 Å². The Balaban J connectivity index is 2.33. The molecule has 0 heterocycles. The molecule has 1 aromatic rings. The fourth-order valence-corrected chi connectivity index (χ4v) is 1.91. The fraction of sp³-hybridized carbons (Fsp3) is 0.467. The van der Waals surface area contributed by atoms with Crippen molar-refractivity contribution in [2.45, 2.75) is 45.1 Å². The summed E-state index contributed by atoms with van der Waals surface area (Å²) >= 11 is 5.87. The molecule has 0 spiro atoms. The molecule has 1 rings (SSSR count). The van der Waals surface area contributed by atoms with Crippen molar-refractivity contribution in [2.75, 3.05) is 0 Å². The maximum absolute atomic E-state index is 9.90. The molecule has 0 aliphatic carbocycles. The minimum absolute atomic E-state index is 0.542. The minimum atomic E-state index is -0.542. The van der Waals surface area contributed by atoms with E-state index in [1.807, 2.05) is 24.3 Å². The van der Waals surface area contributed by atoms with Gasteiger partial charge in [-0.25, -0.2) is 0 Å². The molecule has 0 saturated carbocycles. The number of hydrogen-bond donors (Lipinski definition) is 1. The van der Waals surface area contributed by atoms with Crippen molar-refractivity contribution in [3.8, 4) is 0 Å². The standard InChI is InChI=1S/C15H21ClO/c1-2-3-4-5-6-7-11-15(17)13-9-8-10-14(16)12-13/h7-12,15,17H,2-6H2,1H3/b11-7+/t15-/m1/s1. The third-order valence-electron chi connectivity index (χ3n) is 2.73. The summed E-state index contributed by atoms with van der Waals surface area (Å²) in [6.45, 7) is 2.21. The summed E-state index contributed by atoms with van der Waals surface area (Å²) in [6, 6.07) is 7.35. The first-order valence-corrected chi connectivity index (χ1v) is 6.72. The molecular weight excluding hydrogens is 232 g/mol. The van der Waals surface area contributed by atoms with Gasteiger partial charge in [0.15, 0.2) is 0 Å². The van der Waals surface area contributed by atoms with E-state index in [0.29, 0.717) is 5.02 Å². The minimum Gasteiger partial charge on any atom is -0.384 e. The lowest BCUT2D eigenvalue weighted by Gasteiger charge is -2.06. The predicted octanol–water partition coefficient (Wildman–Crippen LogP) is 4.90. The third-order valence-corrected chi connectivity index (χ3v) is 2.97. The number of aliphatic hydroxyl groups is 1. The van der Waals surface area contributed by atoms with Crippen molar-refractivity contribution >= 4 is 11.6 Å². The lowest BCUT2D eigenvalue weighted by molar-refractivity contribution is 0.228. The first-order valence-electron chi connectivity index (χ1n) is 6.34. The molecule has 0 saturated heterocycles. The molecule has 0 amide bonds. The molecule has 0 bridgehead atoms. The molecule has 0 unspecified atom stereocenters. The molecule has 1 nitrogen and oxygen atoms in total. The Hall–Kier alpha value is -0.790. The first-order chi connectivity index (χ1) is 8.24. The molecule has 94 valence electrons. The SMILES string of the molecule is CCCCCC/C=C/[C@@H](O)c1cccc(Cl)c1. The highest BCUT2D eigenvalue weighted by Crippen LogP contribution is 2.18. The van der Waals surface area contributed by atoms with Crippen LogP contribution in [0.2, 0.25) is 5.02 Å². The van der Waals surface area contributed by atoms with Gasteiger partial charge in [0.05, 0.1) is 6.10 Å². The number of allylic oxidation sites excluding steroid dienone is 1. The fourth-order valence-electron chi connectivity index (χ4n) is 1.72. The molecule has 0 fully saturated rings. The lowest BCUT2D eigenvalue weighted by Crippen LogP contribution is -1.92. The number of aliphatic hydroxyl groups excluding tert-OH is 1. The second kappa shape index (κ2) is 8.32. The van der Waals surface area contributed by atoms with Crippen LogP contribution in [0.4, 0.5) is 0 Å². The second-order valence-corrected chi connectivity index (χ2v) is 4.71. The molecule has 17 heavy (non-hydrogen) atoms. The highest BCUT2D eigenvalue weighted by atomic mass is 35.5. The maximum Gasteiger partial charge on any atom is 0.0972 e. The number of rotatable bonds is 7. The zero-order valence-electron chi connectivity index (χ0n) is 10.4. The Morgan fingerprint density at radius 2 is 2.12 bits per heavy atom. The highest BCUT2D eigenvalue weighted by Gasteiger charge is 2.02. The third kappa shape index (κ3) is 5.90. The normalized spacial score (nSPS) is 13.1. The van der Waals surface area contributed by atoms with Crippen molar-refractivity contribution < 1.29 is 5.11 Å². The number of halogens is 1. The van der Waals surface area contributed by atoms with Crippen LogP contribution in [0.15, 0.2) is 36.4 Å². The van der Waals surface area contributed by atoms with E-state index in [4.69, 9.17) is 11.6 Å². The second-order valence-electron chi connectivity index (χ2n) is 4.28. The molecule has 0 radical (unpaired) electrons. The van der Waals surface area contributed by atoms with E-state index in [1.165, 1.54) is 25.7 Å². The zero-order chi connectivity index (χ0) is 12.5. The summed E-state index contributed by atoms with van der Waals surface area (Å²) in [6.07, 6.45) is 9.43. The van der Waals surface area contributed by atoms with Crippen molar-refractivity contribution in [1.82, 2.24) is 0 Å². The van der Waals surface area contributed by atoms with Crippen LogP contribution in [0.3, 0.4) is 0 Å². The van der Waals surface area contributed by atoms with Crippen LogP contribution in [-0.2, 0) is 0 Å². The van der Waals surface area contributed by atoms with E-state index in [1.54, 1.807) is 6.07 Å². The molecule has 1 N–H and O–H groups in total. The maximum atomic E-state index is 9.90. The van der Waals surface area contributed by atoms with Gasteiger partial charge in [0, 0.05) is 5.02 Å². The van der Waals surface area contributed by atoms with E-state index in [-0.39, 0.29) is 0 Å². The van der Waals surface area contributed by atoms with Gasteiger partial charge in [-0.05, 0) is 30.5 Å². The van der Waals surface area contributed by atoms with Gasteiger partial charge in [-0.2, -0.15) is 0 Å². The Kier molecular flexibility index (Phi) is 6.99. The van der Waals surface area contributed by atoms with Crippen LogP contribution in [0, 0.1) is 0 Å². The van der Waals surface area contributed by atoms with Gasteiger partial charge < -0.3 is 5.11 Å². The molecular formula is C15H21ClO. The van der Waals surface area contributed by atoms with Gasteiger partial charge in [-0.3, -0.25) is 0 Å². The summed E-state index contributed by atoms with van der Waals surface area (Å²) in [4.78, 5) is 0. The van der Waals surface area contributed by atoms with Gasteiger partial charge in [-0.1, -0.05) is 62.1 Å².